The number of hydrogen-bond acceptors (Lipinski definition) is 6. The fourth-order valence-corrected chi connectivity index (χ4v) is 4.87. The van der Waals surface area contributed by atoms with Gasteiger partial charge in [-0.25, -0.2) is 18.6 Å². The number of imidazole rings is 1. The number of fused-ring (bicyclic) bond motifs is 1. The molecular formula is C25H33F2N5O4. The number of alkyl carbamates (subject to hydrolysis) is 1. The number of aromatic nitrogens is 2. The molecule has 11 heteroatoms. The molecule has 1 aromatic heterocycles. The lowest BCUT2D eigenvalue weighted by atomic mass is 9.92. The van der Waals surface area contributed by atoms with Crippen LogP contribution < -0.4 is 10.6 Å². The Morgan fingerprint density at radius 3 is 2.67 bits per heavy atom. The Kier molecular flexibility index (Phi) is 7.33. The summed E-state index contributed by atoms with van der Waals surface area (Å²) in [6, 6.07) is 2.43. The molecule has 1 aromatic carbocycles. The van der Waals surface area contributed by atoms with Crippen molar-refractivity contribution in [2.45, 2.75) is 77.5 Å². The summed E-state index contributed by atoms with van der Waals surface area (Å²) in [5, 5.41) is 5.44. The van der Waals surface area contributed by atoms with Crippen molar-refractivity contribution in [3.8, 4) is 0 Å². The summed E-state index contributed by atoms with van der Waals surface area (Å²) in [6.07, 6.45) is -1.10. The molecule has 2 N–H and O–H groups in total. The van der Waals surface area contributed by atoms with Crippen LogP contribution in [0.2, 0.25) is 0 Å². The summed E-state index contributed by atoms with van der Waals surface area (Å²) in [5.41, 5.74) is 1.12. The first-order chi connectivity index (χ1) is 17.0. The summed E-state index contributed by atoms with van der Waals surface area (Å²) in [7, 11) is 1.57. The fourth-order valence-electron chi connectivity index (χ4n) is 4.87. The molecule has 2 aliphatic rings. The topological polar surface area (TPSA) is 97.7 Å². The molecule has 2 aliphatic heterocycles. The second-order valence-corrected chi connectivity index (χ2v) is 10.1. The molecule has 2 aromatic rings. The third kappa shape index (κ3) is 5.36. The van der Waals surface area contributed by atoms with Gasteiger partial charge in [-0.3, -0.25) is 9.69 Å². The predicted molar refractivity (Wildman–Crippen MR) is 127 cm³/mol. The number of carbonyl (C=O) groups excluding carboxylic acids is 2. The number of nitrogens with zero attached hydrogens (tertiary/aromatic N) is 3. The number of halogens is 2. The molecule has 0 saturated carbocycles. The maximum Gasteiger partial charge on any atom is 0.407 e. The van der Waals surface area contributed by atoms with E-state index in [1.54, 1.807) is 27.8 Å². The number of benzene rings is 1. The SMILES string of the molecule is CCn1c(C(=O)NC)nc2c1CN([C@H]1CO[C@H](c3cc(F)ccc3F)[C@@H](NC(=O)OC(C)(C)C)C1)C2. The normalized spacial score (nSPS) is 22.2. The van der Waals surface area contributed by atoms with Gasteiger partial charge < -0.3 is 24.7 Å². The van der Waals surface area contributed by atoms with E-state index >= 15 is 0 Å². The van der Waals surface area contributed by atoms with Crippen LogP contribution in [0.3, 0.4) is 0 Å². The van der Waals surface area contributed by atoms with Crippen molar-refractivity contribution in [1.29, 1.82) is 0 Å². The standard InChI is InChI=1S/C25H33F2N5O4/c1-6-32-20-12-31(11-19(20)29-22(32)23(33)28-5)15-10-18(30-24(34)36-25(2,3)4)21(35-13-15)16-9-14(26)7-8-17(16)27/h7-9,15,18,21H,6,10-13H2,1-5H3,(H,28,33)(H,30,34)/t15-,18+,21-/m1/s1. The first-order valence-electron chi connectivity index (χ1n) is 12.1. The molecule has 2 amide bonds. The molecule has 1 fully saturated rings. The molecule has 0 bridgehead atoms. The van der Waals surface area contributed by atoms with Crippen molar-refractivity contribution < 1.29 is 27.8 Å². The maximum atomic E-state index is 14.6. The fraction of sp³-hybridized carbons (Fsp3) is 0.560. The van der Waals surface area contributed by atoms with E-state index in [2.05, 4.69) is 20.5 Å². The highest BCUT2D eigenvalue weighted by Crippen LogP contribution is 2.35. The Hall–Kier alpha value is -3.05. The average Bonchev–Trinajstić information content (AvgIpc) is 3.37. The summed E-state index contributed by atoms with van der Waals surface area (Å²) >= 11 is 0. The lowest BCUT2D eigenvalue weighted by Gasteiger charge is -2.40. The molecule has 1 saturated heterocycles. The van der Waals surface area contributed by atoms with E-state index in [9.17, 15) is 18.4 Å². The van der Waals surface area contributed by atoms with Gasteiger partial charge in [0.15, 0.2) is 5.82 Å². The van der Waals surface area contributed by atoms with Gasteiger partial charge in [-0.15, -0.1) is 0 Å². The van der Waals surface area contributed by atoms with E-state index in [0.29, 0.717) is 31.9 Å². The van der Waals surface area contributed by atoms with E-state index in [-0.39, 0.29) is 24.1 Å². The maximum absolute atomic E-state index is 14.6. The Balaban J connectivity index is 1.55. The molecule has 3 atom stereocenters. The highest BCUT2D eigenvalue weighted by Gasteiger charge is 2.40. The Morgan fingerprint density at radius 2 is 2.00 bits per heavy atom. The zero-order valence-electron chi connectivity index (χ0n) is 21.2. The molecule has 0 aliphatic carbocycles. The van der Waals surface area contributed by atoms with Crippen LogP contribution in [0.1, 0.15) is 67.8 Å². The van der Waals surface area contributed by atoms with Gasteiger partial charge in [-0.2, -0.15) is 0 Å². The van der Waals surface area contributed by atoms with Gasteiger partial charge in [0.1, 0.15) is 23.3 Å². The number of carbonyl (C=O) groups is 2. The number of nitrogens with one attached hydrogen (secondary N) is 2. The van der Waals surface area contributed by atoms with Gasteiger partial charge in [0.2, 0.25) is 0 Å². The molecule has 0 spiro atoms. The average molecular weight is 506 g/mol. The molecule has 3 heterocycles. The van der Waals surface area contributed by atoms with Gasteiger partial charge >= 0.3 is 6.09 Å². The third-order valence-corrected chi connectivity index (χ3v) is 6.45. The van der Waals surface area contributed by atoms with Crippen LogP contribution in [0.25, 0.3) is 0 Å². The van der Waals surface area contributed by atoms with Crippen molar-refractivity contribution in [2.24, 2.45) is 0 Å². The molecule has 196 valence electrons. The van der Waals surface area contributed by atoms with Crippen LogP contribution in [0, 0.1) is 11.6 Å². The summed E-state index contributed by atoms with van der Waals surface area (Å²) in [4.78, 5) is 31.5. The van der Waals surface area contributed by atoms with Crippen LogP contribution in [-0.2, 0) is 29.1 Å². The van der Waals surface area contributed by atoms with E-state index in [1.807, 2.05) is 11.5 Å². The zero-order chi connectivity index (χ0) is 26.2. The van der Waals surface area contributed by atoms with E-state index < -0.39 is 35.5 Å². The minimum Gasteiger partial charge on any atom is -0.444 e. The van der Waals surface area contributed by atoms with Crippen LogP contribution in [-0.4, -0.2) is 57.8 Å². The van der Waals surface area contributed by atoms with E-state index in [4.69, 9.17) is 9.47 Å². The Bertz CT molecular complexity index is 1150. The number of amides is 2. The Morgan fingerprint density at radius 1 is 1.25 bits per heavy atom. The second kappa shape index (κ2) is 10.1. The van der Waals surface area contributed by atoms with Gasteiger partial charge in [0.05, 0.1) is 24.0 Å². The lowest BCUT2D eigenvalue weighted by molar-refractivity contribution is -0.0630. The number of rotatable bonds is 5. The van der Waals surface area contributed by atoms with Gasteiger partial charge in [-0.05, 0) is 52.3 Å². The van der Waals surface area contributed by atoms with Crippen molar-refractivity contribution >= 4 is 12.0 Å². The molecule has 9 nitrogen and oxygen atoms in total. The summed E-state index contributed by atoms with van der Waals surface area (Å²) in [5.74, 6) is -1.04. The van der Waals surface area contributed by atoms with Crippen molar-refractivity contribution in [3.63, 3.8) is 0 Å². The largest absolute Gasteiger partial charge is 0.444 e. The molecular weight excluding hydrogens is 472 g/mol. The molecule has 36 heavy (non-hydrogen) atoms. The van der Waals surface area contributed by atoms with Crippen LogP contribution in [0.5, 0.6) is 0 Å². The van der Waals surface area contributed by atoms with Gasteiger partial charge in [0, 0.05) is 38.3 Å². The molecule has 0 radical (unpaired) electrons. The third-order valence-electron chi connectivity index (χ3n) is 6.45. The predicted octanol–water partition coefficient (Wildman–Crippen LogP) is 3.28. The summed E-state index contributed by atoms with van der Waals surface area (Å²) < 4.78 is 42.0. The minimum absolute atomic E-state index is 0.0496. The van der Waals surface area contributed by atoms with E-state index in [0.717, 1.165) is 29.6 Å². The minimum atomic E-state index is -0.878. The lowest BCUT2D eigenvalue weighted by Crippen LogP contribution is -2.52. The first-order valence-corrected chi connectivity index (χ1v) is 12.1. The highest BCUT2D eigenvalue weighted by atomic mass is 19.1. The smallest absolute Gasteiger partial charge is 0.407 e. The zero-order valence-corrected chi connectivity index (χ0v) is 21.2. The van der Waals surface area contributed by atoms with Gasteiger partial charge in [-0.1, -0.05) is 0 Å². The monoisotopic (exact) mass is 505 g/mol. The van der Waals surface area contributed by atoms with Crippen molar-refractivity contribution in [2.75, 3.05) is 13.7 Å². The van der Waals surface area contributed by atoms with Crippen LogP contribution in [0.4, 0.5) is 13.6 Å². The first kappa shape index (κ1) is 26.0. The number of hydrogen-bond donors (Lipinski definition) is 2. The Labute approximate surface area is 209 Å². The second-order valence-electron chi connectivity index (χ2n) is 10.1. The van der Waals surface area contributed by atoms with E-state index in [1.165, 1.54) is 0 Å². The van der Waals surface area contributed by atoms with Crippen LogP contribution in [0.15, 0.2) is 18.2 Å². The van der Waals surface area contributed by atoms with Gasteiger partial charge in [0.25, 0.3) is 5.91 Å². The van der Waals surface area contributed by atoms with Crippen molar-refractivity contribution in [1.82, 2.24) is 25.1 Å². The number of ether oxygens (including phenoxy) is 2. The molecule has 0 unspecified atom stereocenters. The highest BCUT2D eigenvalue weighted by molar-refractivity contribution is 5.90. The molecule has 4 rings (SSSR count). The van der Waals surface area contributed by atoms with Crippen LogP contribution >= 0.6 is 0 Å². The quantitative estimate of drug-likeness (QED) is 0.648. The van der Waals surface area contributed by atoms with Crippen molar-refractivity contribution in [3.05, 3.63) is 52.6 Å². The summed E-state index contributed by atoms with van der Waals surface area (Å²) in [6.45, 7) is 9.14.